The van der Waals surface area contributed by atoms with Gasteiger partial charge in [-0.05, 0) is 55.9 Å². The standard InChI is InChI=1S/C46H57N3O8/c1-46(2,3)57-45(52)49-29-39(48-41(50)27-17-8-18-28-47-44(51)56-33-38-25-15-7-16-26-38)42(54-31-36-21-11-5-12-22-36)43(55-32-37-23-13-6-14-24-37)40(49)34-53-30-35-19-9-4-10-20-35/h4-7,9-16,19-26,39-40,42-43H,8,17-18,27-34H2,1-3H3,(H,47,51)(H,48,50)/t39-,40+,42+,43+/m0/s1. The van der Waals surface area contributed by atoms with Crippen molar-refractivity contribution in [2.75, 3.05) is 19.7 Å². The molecular weight excluding hydrogens is 723 g/mol. The minimum Gasteiger partial charge on any atom is -0.445 e. The summed E-state index contributed by atoms with van der Waals surface area (Å²) in [6.45, 7) is 7.25. The van der Waals surface area contributed by atoms with Crippen molar-refractivity contribution >= 4 is 18.1 Å². The van der Waals surface area contributed by atoms with Crippen molar-refractivity contribution in [3.63, 3.8) is 0 Å². The zero-order valence-corrected chi connectivity index (χ0v) is 33.3. The zero-order valence-electron chi connectivity index (χ0n) is 33.3. The van der Waals surface area contributed by atoms with Gasteiger partial charge >= 0.3 is 12.2 Å². The van der Waals surface area contributed by atoms with Crippen LogP contribution in [-0.4, -0.2) is 72.6 Å². The van der Waals surface area contributed by atoms with Crippen molar-refractivity contribution in [3.8, 4) is 0 Å². The second-order valence-corrected chi connectivity index (χ2v) is 15.2. The van der Waals surface area contributed by atoms with Crippen LogP contribution < -0.4 is 10.6 Å². The van der Waals surface area contributed by atoms with Crippen LogP contribution in [0, 0.1) is 0 Å². The molecule has 0 radical (unpaired) electrons. The Morgan fingerprint density at radius 1 is 0.649 bits per heavy atom. The van der Waals surface area contributed by atoms with Gasteiger partial charge in [-0.1, -0.05) is 128 Å². The molecule has 1 saturated heterocycles. The van der Waals surface area contributed by atoms with E-state index in [4.69, 9.17) is 23.7 Å². The first-order chi connectivity index (χ1) is 27.6. The van der Waals surface area contributed by atoms with Crippen molar-refractivity contribution < 1.29 is 38.1 Å². The van der Waals surface area contributed by atoms with Crippen LogP contribution in [0.4, 0.5) is 9.59 Å². The Kier molecular flexibility index (Phi) is 16.9. The van der Waals surface area contributed by atoms with Crippen LogP contribution in [0.3, 0.4) is 0 Å². The molecule has 0 saturated carbocycles. The molecule has 2 N–H and O–H groups in total. The molecule has 304 valence electrons. The number of carbonyl (C=O) groups excluding carboxylic acids is 3. The van der Waals surface area contributed by atoms with E-state index in [1.165, 1.54) is 0 Å². The van der Waals surface area contributed by atoms with Crippen LogP contribution in [0.25, 0.3) is 0 Å². The molecule has 57 heavy (non-hydrogen) atoms. The number of ether oxygens (including phenoxy) is 5. The van der Waals surface area contributed by atoms with E-state index in [1.807, 2.05) is 142 Å². The number of carbonyl (C=O) groups is 3. The summed E-state index contributed by atoms with van der Waals surface area (Å²) in [5.41, 5.74) is 3.07. The number of nitrogens with one attached hydrogen (secondary N) is 2. The van der Waals surface area contributed by atoms with E-state index in [0.717, 1.165) is 28.7 Å². The summed E-state index contributed by atoms with van der Waals surface area (Å²) in [4.78, 5) is 41.4. The second-order valence-electron chi connectivity index (χ2n) is 15.2. The van der Waals surface area contributed by atoms with Gasteiger partial charge in [0, 0.05) is 19.5 Å². The number of likely N-dealkylation sites (tertiary alicyclic amines) is 1. The maximum absolute atomic E-state index is 14.0. The van der Waals surface area contributed by atoms with Gasteiger partial charge < -0.3 is 34.3 Å². The monoisotopic (exact) mass is 779 g/mol. The number of nitrogens with zero attached hydrogens (tertiary/aromatic N) is 1. The predicted octanol–water partition coefficient (Wildman–Crippen LogP) is 7.96. The molecule has 1 fully saturated rings. The molecule has 0 spiro atoms. The maximum atomic E-state index is 14.0. The normalized spacial score (nSPS) is 18.1. The average molecular weight is 780 g/mol. The number of amides is 3. The van der Waals surface area contributed by atoms with E-state index in [1.54, 1.807) is 4.90 Å². The molecule has 11 heteroatoms. The summed E-state index contributed by atoms with van der Waals surface area (Å²) in [5, 5.41) is 5.98. The highest BCUT2D eigenvalue weighted by molar-refractivity contribution is 5.76. The van der Waals surface area contributed by atoms with Crippen LogP contribution in [-0.2, 0) is 54.9 Å². The van der Waals surface area contributed by atoms with Gasteiger partial charge in [0.05, 0.1) is 38.5 Å². The van der Waals surface area contributed by atoms with Crippen molar-refractivity contribution in [2.45, 2.75) is 103 Å². The number of rotatable bonds is 19. The Morgan fingerprint density at radius 2 is 1.16 bits per heavy atom. The Labute approximate surface area is 337 Å². The fourth-order valence-corrected chi connectivity index (χ4v) is 6.57. The van der Waals surface area contributed by atoms with Gasteiger partial charge in [0.1, 0.15) is 24.4 Å². The minimum absolute atomic E-state index is 0.125. The zero-order chi connectivity index (χ0) is 40.3. The largest absolute Gasteiger partial charge is 0.445 e. The van der Waals surface area contributed by atoms with Crippen LogP contribution in [0.2, 0.25) is 0 Å². The summed E-state index contributed by atoms with van der Waals surface area (Å²) < 4.78 is 31.0. The number of alkyl carbamates (subject to hydrolysis) is 1. The lowest BCUT2D eigenvalue weighted by Crippen LogP contribution is -2.69. The first-order valence-corrected chi connectivity index (χ1v) is 19.8. The van der Waals surface area contributed by atoms with Gasteiger partial charge in [0.15, 0.2) is 0 Å². The van der Waals surface area contributed by atoms with Crippen LogP contribution in [0.1, 0.15) is 68.7 Å². The highest BCUT2D eigenvalue weighted by Crippen LogP contribution is 2.29. The number of hydrogen-bond acceptors (Lipinski definition) is 8. The van der Waals surface area contributed by atoms with Gasteiger partial charge in [0.25, 0.3) is 0 Å². The summed E-state index contributed by atoms with van der Waals surface area (Å²) in [6.07, 6.45) is -0.0830. The van der Waals surface area contributed by atoms with Crippen LogP contribution in [0.15, 0.2) is 121 Å². The van der Waals surface area contributed by atoms with Gasteiger partial charge in [-0.3, -0.25) is 9.69 Å². The highest BCUT2D eigenvalue weighted by atomic mass is 16.6. The molecule has 0 bridgehead atoms. The number of benzene rings is 4. The molecule has 0 unspecified atom stereocenters. The molecule has 4 aromatic carbocycles. The molecule has 0 aromatic heterocycles. The number of hydrogen-bond donors (Lipinski definition) is 2. The number of unbranched alkanes of at least 4 members (excludes halogenated alkanes) is 2. The van der Waals surface area contributed by atoms with Crippen molar-refractivity contribution in [1.82, 2.24) is 15.5 Å². The third-order valence-electron chi connectivity index (χ3n) is 9.40. The topological polar surface area (TPSA) is 125 Å². The molecule has 0 aliphatic carbocycles. The van der Waals surface area contributed by atoms with Crippen LogP contribution >= 0.6 is 0 Å². The molecule has 3 amide bonds. The van der Waals surface area contributed by atoms with E-state index >= 15 is 0 Å². The summed E-state index contributed by atoms with van der Waals surface area (Å²) in [7, 11) is 0. The van der Waals surface area contributed by atoms with E-state index < -0.39 is 42.1 Å². The molecule has 11 nitrogen and oxygen atoms in total. The SMILES string of the molecule is CC(C)(C)OC(=O)N1C[C@H](NC(=O)CCCCCNC(=O)OCc2ccccc2)[C@@H](OCc2ccccc2)[C@H](OCc2ccccc2)[C@H]1COCc1ccccc1. The quantitative estimate of drug-likeness (QED) is 0.0920. The minimum atomic E-state index is -0.764. The van der Waals surface area contributed by atoms with Crippen molar-refractivity contribution in [2.24, 2.45) is 0 Å². The number of piperidine rings is 1. The van der Waals surface area contributed by atoms with E-state index in [2.05, 4.69) is 10.6 Å². The van der Waals surface area contributed by atoms with Crippen molar-refractivity contribution in [3.05, 3.63) is 144 Å². The molecule has 1 aliphatic heterocycles. The first-order valence-electron chi connectivity index (χ1n) is 19.8. The third kappa shape index (κ3) is 15.0. The molecule has 1 heterocycles. The molecule has 1 aliphatic rings. The van der Waals surface area contributed by atoms with E-state index in [0.29, 0.717) is 26.0 Å². The van der Waals surface area contributed by atoms with Gasteiger partial charge in [-0.25, -0.2) is 9.59 Å². The smallest absolute Gasteiger partial charge is 0.410 e. The lowest BCUT2D eigenvalue weighted by atomic mass is 9.91. The third-order valence-corrected chi connectivity index (χ3v) is 9.40. The Hall–Kier alpha value is -5.23. The molecule has 4 aromatic rings. The highest BCUT2D eigenvalue weighted by Gasteiger charge is 2.48. The van der Waals surface area contributed by atoms with E-state index in [9.17, 15) is 14.4 Å². The van der Waals surface area contributed by atoms with Gasteiger partial charge in [0.2, 0.25) is 5.91 Å². The molecule has 4 atom stereocenters. The van der Waals surface area contributed by atoms with E-state index in [-0.39, 0.29) is 45.3 Å². The Bertz CT molecular complexity index is 1770. The van der Waals surface area contributed by atoms with Crippen molar-refractivity contribution in [1.29, 1.82) is 0 Å². The maximum Gasteiger partial charge on any atom is 0.410 e. The van der Waals surface area contributed by atoms with Crippen LogP contribution in [0.5, 0.6) is 0 Å². The fourth-order valence-electron chi connectivity index (χ4n) is 6.57. The van der Waals surface area contributed by atoms with Gasteiger partial charge in [-0.2, -0.15) is 0 Å². The Balaban J connectivity index is 1.29. The summed E-state index contributed by atoms with van der Waals surface area (Å²) in [5.74, 6) is -0.173. The lowest BCUT2D eigenvalue weighted by Gasteiger charge is -2.48. The lowest BCUT2D eigenvalue weighted by molar-refractivity contribution is -0.167. The fraction of sp³-hybridized carbons (Fsp3) is 0.413. The first kappa shape index (κ1) is 42.9. The summed E-state index contributed by atoms with van der Waals surface area (Å²) >= 11 is 0. The Morgan fingerprint density at radius 3 is 1.70 bits per heavy atom. The van der Waals surface area contributed by atoms with Gasteiger partial charge in [-0.15, -0.1) is 0 Å². The second kappa shape index (κ2) is 22.5. The molecule has 5 rings (SSSR count). The average Bonchev–Trinajstić information content (AvgIpc) is 3.21. The predicted molar refractivity (Wildman–Crippen MR) is 218 cm³/mol. The summed E-state index contributed by atoms with van der Waals surface area (Å²) in [6, 6.07) is 37.8. The molecular formula is C46H57N3O8.